The van der Waals surface area contributed by atoms with Crippen molar-refractivity contribution in [3.8, 4) is 0 Å². The van der Waals surface area contributed by atoms with E-state index in [9.17, 15) is 0 Å². The summed E-state index contributed by atoms with van der Waals surface area (Å²) in [7, 11) is 0. The van der Waals surface area contributed by atoms with Gasteiger partial charge in [0.1, 0.15) is 0 Å². The predicted molar refractivity (Wildman–Crippen MR) is 71.6 cm³/mol. The normalized spacial score (nSPS) is 15.2. The highest BCUT2D eigenvalue weighted by molar-refractivity contribution is 5.30. The third-order valence-electron chi connectivity index (χ3n) is 3.57. The van der Waals surface area contributed by atoms with Crippen LogP contribution in [0.1, 0.15) is 37.5 Å². The average Bonchev–Trinajstić information content (AvgIpc) is 2.18. The van der Waals surface area contributed by atoms with Gasteiger partial charge in [0.25, 0.3) is 0 Å². The van der Waals surface area contributed by atoms with Crippen LogP contribution >= 0.6 is 0 Å². The van der Waals surface area contributed by atoms with Crippen molar-refractivity contribution in [1.82, 2.24) is 0 Å². The van der Waals surface area contributed by atoms with Crippen LogP contribution in [-0.4, -0.2) is 6.04 Å². The van der Waals surface area contributed by atoms with E-state index >= 15 is 0 Å². The van der Waals surface area contributed by atoms with Gasteiger partial charge in [0, 0.05) is 6.04 Å². The molecule has 1 heteroatoms. The Balaban J connectivity index is 2.81. The molecule has 0 saturated carbocycles. The van der Waals surface area contributed by atoms with E-state index < -0.39 is 0 Å². The fraction of sp³-hybridized carbons (Fsp3) is 0.600. The standard InChI is InChI=1S/C15H25N/c1-10(2)15(13(5)16)9-14-7-6-11(3)12(4)8-14/h6-8,10,13,15H,9,16H2,1-5H3. The summed E-state index contributed by atoms with van der Waals surface area (Å²) in [6.45, 7) is 11.0. The number of aryl methyl sites for hydroxylation is 2. The van der Waals surface area contributed by atoms with Gasteiger partial charge >= 0.3 is 0 Å². The van der Waals surface area contributed by atoms with Gasteiger partial charge < -0.3 is 5.73 Å². The van der Waals surface area contributed by atoms with E-state index in [1.165, 1.54) is 16.7 Å². The predicted octanol–water partition coefficient (Wildman–Crippen LogP) is 3.47. The van der Waals surface area contributed by atoms with Crippen LogP contribution in [0.25, 0.3) is 0 Å². The summed E-state index contributed by atoms with van der Waals surface area (Å²) >= 11 is 0. The van der Waals surface area contributed by atoms with Gasteiger partial charge in [-0.15, -0.1) is 0 Å². The Morgan fingerprint density at radius 3 is 2.12 bits per heavy atom. The van der Waals surface area contributed by atoms with E-state index in [4.69, 9.17) is 5.73 Å². The molecule has 0 amide bonds. The van der Waals surface area contributed by atoms with Crippen LogP contribution in [-0.2, 0) is 6.42 Å². The van der Waals surface area contributed by atoms with Crippen LogP contribution in [0.4, 0.5) is 0 Å². The fourth-order valence-corrected chi connectivity index (χ4v) is 2.23. The topological polar surface area (TPSA) is 26.0 Å². The summed E-state index contributed by atoms with van der Waals surface area (Å²) in [4.78, 5) is 0. The molecule has 0 radical (unpaired) electrons. The van der Waals surface area contributed by atoms with Gasteiger partial charge in [-0.05, 0) is 55.7 Å². The average molecular weight is 219 g/mol. The quantitative estimate of drug-likeness (QED) is 0.824. The molecule has 0 aromatic heterocycles. The van der Waals surface area contributed by atoms with Gasteiger partial charge in [0.15, 0.2) is 0 Å². The largest absolute Gasteiger partial charge is 0.328 e. The summed E-state index contributed by atoms with van der Waals surface area (Å²) in [5.41, 5.74) is 10.2. The zero-order chi connectivity index (χ0) is 12.3. The minimum absolute atomic E-state index is 0.265. The molecule has 16 heavy (non-hydrogen) atoms. The molecule has 0 saturated heterocycles. The van der Waals surface area contributed by atoms with Crippen molar-refractivity contribution in [2.24, 2.45) is 17.6 Å². The summed E-state index contributed by atoms with van der Waals surface area (Å²) in [5, 5.41) is 0. The molecular weight excluding hydrogens is 194 g/mol. The first-order chi connectivity index (χ1) is 7.41. The smallest absolute Gasteiger partial charge is 0.00443 e. The maximum atomic E-state index is 6.05. The monoisotopic (exact) mass is 219 g/mol. The lowest BCUT2D eigenvalue weighted by Crippen LogP contribution is -2.32. The Hall–Kier alpha value is -0.820. The van der Waals surface area contributed by atoms with Crippen molar-refractivity contribution < 1.29 is 0 Å². The van der Waals surface area contributed by atoms with Gasteiger partial charge in [-0.3, -0.25) is 0 Å². The lowest BCUT2D eigenvalue weighted by atomic mass is 9.84. The molecule has 0 aliphatic carbocycles. The molecule has 1 rings (SSSR count). The maximum Gasteiger partial charge on any atom is 0.00443 e. The van der Waals surface area contributed by atoms with Crippen LogP contribution in [0.3, 0.4) is 0 Å². The van der Waals surface area contributed by atoms with Gasteiger partial charge in [-0.2, -0.15) is 0 Å². The van der Waals surface area contributed by atoms with E-state index in [1.807, 2.05) is 0 Å². The Kier molecular flexibility index (Phi) is 4.55. The van der Waals surface area contributed by atoms with Gasteiger partial charge in [-0.25, -0.2) is 0 Å². The zero-order valence-corrected chi connectivity index (χ0v) is 11.2. The molecule has 0 aliphatic heterocycles. The van der Waals surface area contributed by atoms with Crippen LogP contribution in [0.2, 0.25) is 0 Å². The maximum absolute atomic E-state index is 6.05. The third kappa shape index (κ3) is 3.34. The summed E-state index contributed by atoms with van der Waals surface area (Å²) in [6.07, 6.45) is 1.09. The zero-order valence-electron chi connectivity index (χ0n) is 11.2. The van der Waals surface area contributed by atoms with Crippen molar-refractivity contribution in [1.29, 1.82) is 0 Å². The van der Waals surface area contributed by atoms with E-state index in [2.05, 4.69) is 52.8 Å². The van der Waals surface area contributed by atoms with Crippen LogP contribution < -0.4 is 5.73 Å². The first-order valence-corrected chi connectivity index (χ1v) is 6.23. The van der Waals surface area contributed by atoms with E-state index in [0.717, 1.165) is 6.42 Å². The Morgan fingerprint density at radius 1 is 1.06 bits per heavy atom. The molecule has 90 valence electrons. The molecule has 1 nitrogen and oxygen atoms in total. The van der Waals surface area contributed by atoms with Crippen molar-refractivity contribution >= 4 is 0 Å². The molecule has 0 aliphatic rings. The van der Waals surface area contributed by atoms with Crippen LogP contribution in [0.5, 0.6) is 0 Å². The summed E-state index contributed by atoms with van der Waals surface area (Å²) in [6, 6.07) is 7.01. The first kappa shape index (κ1) is 13.2. The Labute approximate surface area is 100 Å². The number of hydrogen-bond acceptors (Lipinski definition) is 1. The molecule has 2 atom stereocenters. The second kappa shape index (κ2) is 5.49. The van der Waals surface area contributed by atoms with Crippen molar-refractivity contribution in [3.05, 3.63) is 34.9 Å². The second-order valence-corrected chi connectivity index (χ2v) is 5.39. The number of nitrogens with two attached hydrogens (primary N) is 1. The molecule has 0 heterocycles. The van der Waals surface area contributed by atoms with E-state index in [1.54, 1.807) is 0 Å². The number of rotatable bonds is 4. The molecule has 0 spiro atoms. The highest BCUT2D eigenvalue weighted by Crippen LogP contribution is 2.21. The highest BCUT2D eigenvalue weighted by Gasteiger charge is 2.18. The van der Waals surface area contributed by atoms with Crippen LogP contribution in [0, 0.1) is 25.7 Å². The molecule has 1 aromatic carbocycles. The van der Waals surface area contributed by atoms with E-state index in [-0.39, 0.29) is 6.04 Å². The fourth-order valence-electron chi connectivity index (χ4n) is 2.23. The molecule has 2 unspecified atom stereocenters. The molecular formula is C15H25N. The van der Waals surface area contributed by atoms with Crippen molar-refractivity contribution in [2.75, 3.05) is 0 Å². The van der Waals surface area contributed by atoms with Crippen molar-refractivity contribution in [3.63, 3.8) is 0 Å². The van der Waals surface area contributed by atoms with Gasteiger partial charge in [0.2, 0.25) is 0 Å². The molecule has 0 fully saturated rings. The van der Waals surface area contributed by atoms with Gasteiger partial charge in [0.05, 0.1) is 0 Å². The van der Waals surface area contributed by atoms with Crippen LogP contribution in [0.15, 0.2) is 18.2 Å². The minimum Gasteiger partial charge on any atom is -0.328 e. The Bertz CT molecular complexity index is 331. The molecule has 1 aromatic rings. The number of benzene rings is 1. The lowest BCUT2D eigenvalue weighted by molar-refractivity contribution is 0.330. The summed E-state index contributed by atoms with van der Waals surface area (Å²) in [5.74, 6) is 1.21. The van der Waals surface area contributed by atoms with E-state index in [0.29, 0.717) is 11.8 Å². The molecule has 2 N–H and O–H groups in total. The first-order valence-electron chi connectivity index (χ1n) is 6.23. The van der Waals surface area contributed by atoms with Gasteiger partial charge in [-0.1, -0.05) is 32.0 Å². The lowest BCUT2D eigenvalue weighted by Gasteiger charge is -2.25. The summed E-state index contributed by atoms with van der Waals surface area (Å²) < 4.78 is 0. The second-order valence-electron chi connectivity index (χ2n) is 5.39. The SMILES string of the molecule is Cc1ccc(CC(C(C)C)C(C)N)cc1C. The molecule has 0 bridgehead atoms. The number of hydrogen-bond donors (Lipinski definition) is 1. The van der Waals surface area contributed by atoms with Crippen molar-refractivity contribution in [2.45, 2.75) is 47.1 Å². The minimum atomic E-state index is 0.265. The Morgan fingerprint density at radius 2 is 1.69 bits per heavy atom. The third-order valence-corrected chi connectivity index (χ3v) is 3.57. The highest BCUT2D eigenvalue weighted by atomic mass is 14.6.